The Hall–Kier alpha value is -3.02. The Kier molecular flexibility index (Phi) is 4.35. The van der Waals surface area contributed by atoms with Gasteiger partial charge in [-0.15, -0.1) is 0 Å². The number of likely N-dealkylation sites (tertiary alicyclic amines) is 1. The van der Waals surface area contributed by atoms with E-state index < -0.39 is 23.5 Å². The van der Waals surface area contributed by atoms with Crippen molar-refractivity contribution in [2.24, 2.45) is 5.92 Å². The van der Waals surface area contributed by atoms with Gasteiger partial charge in [0.15, 0.2) is 11.5 Å². The van der Waals surface area contributed by atoms with E-state index in [9.17, 15) is 24.9 Å². The maximum Gasteiger partial charge on any atom is 0.308 e. The number of aromatic hydroxyl groups is 2. The summed E-state index contributed by atoms with van der Waals surface area (Å²) in [5.41, 5.74) is 1.85. The van der Waals surface area contributed by atoms with Gasteiger partial charge in [0.1, 0.15) is 0 Å². The van der Waals surface area contributed by atoms with Crippen molar-refractivity contribution in [3.8, 4) is 11.5 Å². The standard InChI is InChI=1S/C19H19NO5/c1-11-5-2-3-6-12(11)14-9-20(10-15(14)19(24)25)18(23)13-7-4-8-16(21)17(13)22/h2-8,14-15,21-22H,9-10H2,1H3,(H,24,25)/t14-,15+/m0/s1. The summed E-state index contributed by atoms with van der Waals surface area (Å²) in [7, 11) is 0. The van der Waals surface area contributed by atoms with Crippen LogP contribution in [0.4, 0.5) is 0 Å². The van der Waals surface area contributed by atoms with Crippen molar-refractivity contribution in [3.05, 3.63) is 59.2 Å². The molecular formula is C19H19NO5. The minimum absolute atomic E-state index is 0.0328. The van der Waals surface area contributed by atoms with Crippen LogP contribution in [0.2, 0.25) is 0 Å². The number of carboxylic acid groups (broad SMARTS) is 1. The van der Waals surface area contributed by atoms with Gasteiger partial charge in [0.05, 0.1) is 11.5 Å². The fraction of sp³-hybridized carbons (Fsp3) is 0.263. The van der Waals surface area contributed by atoms with Gasteiger partial charge in [-0.2, -0.15) is 0 Å². The minimum Gasteiger partial charge on any atom is -0.504 e. The van der Waals surface area contributed by atoms with E-state index >= 15 is 0 Å². The third-order valence-corrected chi connectivity index (χ3v) is 4.76. The number of carbonyl (C=O) groups excluding carboxylic acids is 1. The summed E-state index contributed by atoms with van der Waals surface area (Å²) >= 11 is 0. The van der Waals surface area contributed by atoms with Crippen LogP contribution in [0, 0.1) is 12.8 Å². The molecule has 0 aromatic heterocycles. The fourth-order valence-corrected chi connectivity index (χ4v) is 3.41. The topological polar surface area (TPSA) is 98.1 Å². The lowest BCUT2D eigenvalue weighted by Gasteiger charge is -2.18. The van der Waals surface area contributed by atoms with Crippen LogP contribution in [0.3, 0.4) is 0 Å². The molecule has 0 radical (unpaired) electrons. The molecular weight excluding hydrogens is 322 g/mol. The van der Waals surface area contributed by atoms with Crippen molar-refractivity contribution in [2.45, 2.75) is 12.8 Å². The summed E-state index contributed by atoms with van der Waals surface area (Å²) in [5.74, 6) is -3.35. The van der Waals surface area contributed by atoms with Crippen molar-refractivity contribution in [1.82, 2.24) is 4.90 Å². The molecule has 1 amide bonds. The summed E-state index contributed by atoms with van der Waals surface area (Å²) in [6, 6.07) is 11.7. The molecule has 3 N–H and O–H groups in total. The van der Waals surface area contributed by atoms with Crippen molar-refractivity contribution in [1.29, 1.82) is 0 Å². The number of carboxylic acids is 1. The van der Waals surface area contributed by atoms with Gasteiger partial charge in [-0.3, -0.25) is 9.59 Å². The molecule has 0 bridgehead atoms. The van der Waals surface area contributed by atoms with E-state index in [1.807, 2.05) is 31.2 Å². The number of benzene rings is 2. The highest BCUT2D eigenvalue weighted by atomic mass is 16.4. The van der Waals surface area contributed by atoms with Crippen LogP contribution in [0.15, 0.2) is 42.5 Å². The summed E-state index contributed by atoms with van der Waals surface area (Å²) < 4.78 is 0. The number of phenolic OH excluding ortho intramolecular Hbond substituents is 2. The highest BCUT2D eigenvalue weighted by Crippen LogP contribution is 2.37. The fourth-order valence-electron chi connectivity index (χ4n) is 3.41. The van der Waals surface area contributed by atoms with Crippen molar-refractivity contribution in [3.63, 3.8) is 0 Å². The van der Waals surface area contributed by atoms with Gasteiger partial charge >= 0.3 is 5.97 Å². The summed E-state index contributed by atoms with van der Waals surface area (Å²) in [6.45, 7) is 2.22. The zero-order valence-electron chi connectivity index (χ0n) is 13.7. The Balaban J connectivity index is 1.92. The number of carbonyl (C=O) groups is 2. The zero-order valence-corrected chi connectivity index (χ0v) is 13.7. The molecule has 1 saturated heterocycles. The predicted octanol–water partition coefficient (Wildman–Crippen LogP) is 2.35. The van der Waals surface area contributed by atoms with Gasteiger partial charge in [0, 0.05) is 19.0 Å². The van der Waals surface area contributed by atoms with E-state index in [4.69, 9.17) is 0 Å². The number of rotatable bonds is 3. The van der Waals surface area contributed by atoms with Gasteiger partial charge in [0.2, 0.25) is 0 Å². The minimum atomic E-state index is -0.955. The first-order valence-electron chi connectivity index (χ1n) is 7.98. The van der Waals surface area contributed by atoms with Crippen LogP contribution < -0.4 is 0 Å². The van der Waals surface area contributed by atoms with Crippen LogP contribution in [-0.2, 0) is 4.79 Å². The van der Waals surface area contributed by atoms with Gasteiger partial charge in [-0.1, -0.05) is 30.3 Å². The van der Waals surface area contributed by atoms with E-state index in [0.29, 0.717) is 0 Å². The molecule has 3 rings (SSSR count). The molecule has 25 heavy (non-hydrogen) atoms. The first-order valence-corrected chi connectivity index (χ1v) is 7.98. The largest absolute Gasteiger partial charge is 0.504 e. The first kappa shape index (κ1) is 16.8. The molecule has 6 heteroatoms. The molecule has 0 unspecified atom stereocenters. The molecule has 2 atom stereocenters. The van der Waals surface area contributed by atoms with E-state index in [0.717, 1.165) is 11.1 Å². The maximum absolute atomic E-state index is 12.7. The first-order chi connectivity index (χ1) is 11.9. The molecule has 6 nitrogen and oxygen atoms in total. The number of hydrogen-bond acceptors (Lipinski definition) is 4. The average Bonchev–Trinajstić information content (AvgIpc) is 3.02. The molecule has 2 aromatic carbocycles. The molecule has 1 fully saturated rings. The number of hydrogen-bond donors (Lipinski definition) is 3. The molecule has 1 aliphatic heterocycles. The highest BCUT2D eigenvalue weighted by molar-refractivity contribution is 5.98. The number of nitrogens with zero attached hydrogens (tertiary/aromatic N) is 1. The lowest BCUT2D eigenvalue weighted by molar-refractivity contribution is -0.141. The molecule has 0 spiro atoms. The number of aryl methyl sites for hydroxylation is 1. The van der Waals surface area contributed by atoms with Crippen LogP contribution >= 0.6 is 0 Å². The second-order valence-electron chi connectivity index (χ2n) is 6.29. The van der Waals surface area contributed by atoms with Gasteiger partial charge < -0.3 is 20.2 Å². The lowest BCUT2D eigenvalue weighted by Crippen LogP contribution is -2.30. The van der Waals surface area contributed by atoms with Crippen LogP contribution in [0.1, 0.15) is 27.4 Å². The number of para-hydroxylation sites is 1. The predicted molar refractivity (Wildman–Crippen MR) is 90.7 cm³/mol. The molecule has 0 aliphatic carbocycles. The second kappa shape index (κ2) is 6.47. The summed E-state index contributed by atoms with van der Waals surface area (Å²) in [5, 5.41) is 29.1. The van der Waals surface area contributed by atoms with E-state index in [1.165, 1.54) is 23.1 Å². The smallest absolute Gasteiger partial charge is 0.308 e. The average molecular weight is 341 g/mol. The molecule has 2 aromatic rings. The number of phenols is 2. The lowest BCUT2D eigenvalue weighted by atomic mass is 9.86. The zero-order chi connectivity index (χ0) is 18.1. The van der Waals surface area contributed by atoms with E-state index in [-0.39, 0.29) is 30.3 Å². The van der Waals surface area contributed by atoms with Crippen molar-refractivity contribution < 1.29 is 24.9 Å². The van der Waals surface area contributed by atoms with Crippen molar-refractivity contribution in [2.75, 3.05) is 13.1 Å². The number of aliphatic carboxylic acids is 1. The monoisotopic (exact) mass is 341 g/mol. The molecule has 1 heterocycles. The van der Waals surface area contributed by atoms with Gasteiger partial charge in [0.25, 0.3) is 5.91 Å². The van der Waals surface area contributed by atoms with Gasteiger partial charge in [-0.05, 0) is 30.2 Å². The SMILES string of the molecule is Cc1ccccc1[C@@H]1CN(C(=O)c2cccc(O)c2O)C[C@H]1C(=O)O. The second-order valence-corrected chi connectivity index (χ2v) is 6.29. The third kappa shape index (κ3) is 3.03. The van der Waals surface area contributed by atoms with Crippen LogP contribution in [-0.4, -0.2) is 45.2 Å². The maximum atomic E-state index is 12.7. The van der Waals surface area contributed by atoms with Crippen LogP contribution in [0.5, 0.6) is 11.5 Å². The Morgan fingerprint density at radius 1 is 1.04 bits per heavy atom. The molecule has 1 aliphatic rings. The normalized spacial score (nSPS) is 19.8. The Labute approximate surface area is 145 Å². The van der Waals surface area contributed by atoms with E-state index in [1.54, 1.807) is 0 Å². The highest BCUT2D eigenvalue weighted by Gasteiger charge is 2.41. The summed E-state index contributed by atoms with van der Waals surface area (Å²) in [6.07, 6.45) is 0. The molecule has 130 valence electrons. The third-order valence-electron chi connectivity index (χ3n) is 4.76. The van der Waals surface area contributed by atoms with Gasteiger partial charge in [-0.25, -0.2) is 0 Å². The Bertz CT molecular complexity index is 832. The Morgan fingerprint density at radius 3 is 2.44 bits per heavy atom. The number of amides is 1. The Morgan fingerprint density at radius 2 is 1.76 bits per heavy atom. The van der Waals surface area contributed by atoms with E-state index in [2.05, 4.69) is 0 Å². The van der Waals surface area contributed by atoms with Crippen molar-refractivity contribution >= 4 is 11.9 Å². The quantitative estimate of drug-likeness (QED) is 0.745. The van der Waals surface area contributed by atoms with Crippen LogP contribution in [0.25, 0.3) is 0 Å². The summed E-state index contributed by atoms with van der Waals surface area (Å²) in [4.78, 5) is 25.8. The molecule has 0 saturated carbocycles.